The number of nitriles is 1. The second-order valence-electron chi connectivity index (χ2n) is 7.96. The van der Waals surface area contributed by atoms with Crippen molar-refractivity contribution in [2.75, 3.05) is 31.1 Å². The first-order valence-corrected chi connectivity index (χ1v) is 10.9. The predicted octanol–water partition coefficient (Wildman–Crippen LogP) is 3.42. The molecular weight excluding hydrogens is 423 g/mol. The van der Waals surface area contributed by atoms with Crippen LogP contribution in [0.3, 0.4) is 0 Å². The molecule has 0 amide bonds. The third kappa shape index (κ3) is 4.49. The number of hydrogen-bond donors (Lipinski definition) is 1. The zero-order valence-corrected chi connectivity index (χ0v) is 18.8. The lowest BCUT2D eigenvalue weighted by Crippen LogP contribution is -2.48. The second kappa shape index (κ2) is 9.47. The summed E-state index contributed by atoms with van der Waals surface area (Å²) < 4.78 is 17.3. The number of halogens is 1. The number of piperazine rings is 1. The van der Waals surface area contributed by atoms with Gasteiger partial charge >= 0.3 is 0 Å². The molecule has 0 bridgehead atoms. The molecule has 6 nitrogen and oxygen atoms in total. The fourth-order valence-electron chi connectivity index (χ4n) is 4.08. The summed E-state index contributed by atoms with van der Waals surface area (Å²) in [6, 6.07) is 18.9. The van der Waals surface area contributed by atoms with Gasteiger partial charge < -0.3 is 9.47 Å². The van der Waals surface area contributed by atoms with Crippen molar-refractivity contribution in [3.8, 4) is 6.07 Å². The summed E-state index contributed by atoms with van der Waals surface area (Å²) in [7, 11) is 1.73. The van der Waals surface area contributed by atoms with Crippen LogP contribution in [0.2, 0.25) is 0 Å². The molecule has 32 heavy (non-hydrogen) atoms. The second-order valence-corrected chi connectivity index (χ2v) is 8.33. The van der Waals surface area contributed by atoms with Gasteiger partial charge in [-0.25, -0.2) is 4.39 Å². The molecule has 0 aliphatic carbocycles. The number of hydrogen-bond acceptors (Lipinski definition) is 5. The molecule has 1 saturated heterocycles. The van der Waals surface area contributed by atoms with Gasteiger partial charge in [-0.15, -0.1) is 0 Å². The highest BCUT2D eigenvalue weighted by atomic mass is 32.1. The van der Waals surface area contributed by atoms with Gasteiger partial charge in [0, 0.05) is 39.8 Å². The monoisotopic (exact) mass is 448 g/mol. The lowest BCUT2D eigenvalue weighted by atomic mass is 10.1. The van der Waals surface area contributed by atoms with Gasteiger partial charge in [0.2, 0.25) is 0 Å². The maximum absolute atomic E-state index is 13.2. The Labute approximate surface area is 191 Å². The van der Waals surface area contributed by atoms with Gasteiger partial charge in [0.1, 0.15) is 28.8 Å². The third-order valence-corrected chi connectivity index (χ3v) is 6.35. The van der Waals surface area contributed by atoms with E-state index in [1.165, 1.54) is 12.1 Å². The van der Waals surface area contributed by atoms with E-state index in [1.807, 2.05) is 47.0 Å². The van der Waals surface area contributed by atoms with Gasteiger partial charge in [-0.3, -0.25) is 14.9 Å². The molecule has 164 valence electrons. The molecule has 1 aromatic heterocycles. The Morgan fingerprint density at radius 3 is 2.22 bits per heavy atom. The van der Waals surface area contributed by atoms with Crippen LogP contribution in [0.5, 0.6) is 0 Å². The van der Waals surface area contributed by atoms with Crippen LogP contribution < -0.4 is 10.4 Å². The zero-order chi connectivity index (χ0) is 22.7. The maximum atomic E-state index is 13.2. The smallest absolute Gasteiger partial charge is 0.183 e. The third-order valence-electron chi connectivity index (χ3n) is 5.86. The predicted molar refractivity (Wildman–Crippen MR) is 124 cm³/mol. The fourth-order valence-corrected chi connectivity index (χ4v) is 4.32. The van der Waals surface area contributed by atoms with E-state index in [2.05, 4.69) is 15.9 Å². The number of nitrogens with one attached hydrogen (secondary N) is 1. The van der Waals surface area contributed by atoms with Crippen LogP contribution in [0.15, 0.2) is 54.6 Å². The molecule has 4 rings (SSSR count). The normalized spacial score (nSPS) is 14.3. The summed E-state index contributed by atoms with van der Waals surface area (Å²) in [5.41, 5.74) is 2.63. The van der Waals surface area contributed by atoms with Crippen molar-refractivity contribution in [1.29, 1.82) is 10.7 Å². The van der Waals surface area contributed by atoms with Gasteiger partial charge in [0.15, 0.2) is 4.77 Å². The molecule has 8 heteroatoms. The van der Waals surface area contributed by atoms with Crippen molar-refractivity contribution in [2.45, 2.75) is 13.1 Å². The average Bonchev–Trinajstić information content (AvgIpc) is 2.82. The standard InChI is InChI=1S/C24H25FN6S/c1-28-22(27)21(15-26)23(31(24(28)32)17-18-5-3-2-4-6-18)30-13-11-29(12-14-30)16-19-7-9-20(25)10-8-19/h2-10,27H,11-14,16-17H2,1H3. The number of benzene rings is 2. The Bertz CT molecular complexity index is 1250. The minimum atomic E-state index is -0.228. The summed E-state index contributed by atoms with van der Waals surface area (Å²) in [6.45, 7) is 4.32. The SMILES string of the molecule is Cn1c(=N)c(C#N)c(N2CCN(Cc3ccc(F)cc3)CC2)n(Cc2ccccc2)c1=S. The minimum Gasteiger partial charge on any atom is -0.354 e. The molecule has 0 radical (unpaired) electrons. The van der Waals surface area contributed by atoms with E-state index in [1.54, 1.807) is 11.6 Å². The van der Waals surface area contributed by atoms with Gasteiger partial charge in [0.25, 0.3) is 0 Å². The molecule has 0 spiro atoms. The molecule has 2 heterocycles. The first-order valence-electron chi connectivity index (χ1n) is 10.5. The van der Waals surface area contributed by atoms with Crippen LogP contribution in [0, 0.1) is 27.3 Å². The topological polar surface area (TPSA) is 64.0 Å². The Morgan fingerprint density at radius 1 is 0.969 bits per heavy atom. The number of nitrogens with zero attached hydrogens (tertiary/aromatic N) is 5. The van der Waals surface area contributed by atoms with E-state index >= 15 is 0 Å². The molecule has 1 fully saturated rings. The summed E-state index contributed by atoms with van der Waals surface area (Å²) in [4.78, 5) is 4.48. The Hall–Kier alpha value is -3.28. The fraction of sp³-hybridized carbons (Fsp3) is 0.292. The van der Waals surface area contributed by atoms with Crippen molar-refractivity contribution in [3.05, 3.63) is 87.4 Å². The van der Waals surface area contributed by atoms with Crippen molar-refractivity contribution in [2.24, 2.45) is 7.05 Å². The summed E-state index contributed by atoms with van der Waals surface area (Å²) in [5, 5.41) is 18.4. The molecule has 0 saturated carbocycles. The highest BCUT2D eigenvalue weighted by molar-refractivity contribution is 7.71. The molecule has 1 N–H and O–H groups in total. The van der Waals surface area contributed by atoms with Crippen LogP contribution >= 0.6 is 12.2 Å². The molecule has 0 unspecified atom stereocenters. The van der Waals surface area contributed by atoms with Crippen molar-refractivity contribution < 1.29 is 4.39 Å². The van der Waals surface area contributed by atoms with Gasteiger partial charge in [-0.2, -0.15) is 5.26 Å². The van der Waals surface area contributed by atoms with E-state index in [4.69, 9.17) is 17.6 Å². The first-order chi connectivity index (χ1) is 15.5. The van der Waals surface area contributed by atoms with Crippen LogP contribution in [0.4, 0.5) is 10.2 Å². The maximum Gasteiger partial charge on any atom is 0.183 e. The molecule has 0 atom stereocenters. The van der Waals surface area contributed by atoms with Gasteiger partial charge in [-0.1, -0.05) is 42.5 Å². The highest BCUT2D eigenvalue weighted by Crippen LogP contribution is 2.22. The molecule has 1 aliphatic rings. The van der Waals surface area contributed by atoms with Crippen molar-refractivity contribution >= 4 is 18.0 Å². The van der Waals surface area contributed by atoms with E-state index in [0.717, 1.165) is 30.8 Å². The van der Waals surface area contributed by atoms with Crippen LogP contribution in [0.1, 0.15) is 16.7 Å². The molecule has 3 aromatic rings. The highest BCUT2D eigenvalue weighted by Gasteiger charge is 2.24. The average molecular weight is 449 g/mol. The lowest BCUT2D eigenvalue weighted by molar-refractivity contribution is 0.248. The Kier molecular flexibility index (Phi) is 6.49. The van der Waals surface area contributed by atoms with Crippen LogP contribution in [-0.4, -0.2) is 40.2 Å². The van der Waals surface area contributed by atoms with E-state index < -0.39 is 0 Å². The summed E-state index contributed by atoms with van der Waals surface area (Å²) in [5.74, 6) is 0.486. The molecule has 1 aliphatic heterocycles. The van der Waals surface area contributed by atoms with Crippen LogP contribution in [-0.2, 0) is 20.1 Å². The summed E-state index contributed by atoms with van der Waals surface area (Å²) >= 11 is 5.69. The number of anilines is 1. The Morgan fingerprint density at radius 2 is 1.59 bits per heavy atom. The Balaban J connectivity index is 1.63. The number of rotatable bonds is 5. The molecule has 2 aromatic carbocycles. The lowest BCUT2D eigenvalue weighted by Gasteiger charge is -2.37. The quantitative estimate of drug-likeness (QED) is 0.608. The largest absolute Gasteiger partial charge is 0.354 e. The van der Waals surface area contributed by atoms with E-state index in [9.17, 15) is 9.65 Å². The summed E-state index contributed by atoms with van der Waals surface area (Å²) in [6.07, 6.45) is 0. The van der Waals surface area contributed by atoms with Crippen molar-refractivity contribution in [3.63, 3.8) is 0 Å². The van der Waals surface area contributed by atoms with Crippen LogP contribution in [0.25, 0.3) is 0 Å². The van der Waals surface area contributed by atoms with E-state index in [0.29, 0.717) is 35.8 Å². The first kappa shape index (κ1) is 21.9. The zero-order valence-electron chi connectivity index (χ0n) is 18.0. The van der Waals surface area contributed by atoms with Gasteiger partial charge in [-0.05, 0) is 35.5 Å². The van der Waals surface area contributed by atoms with Gasteiger partial charge in [0.05, 0.1) is 6.54 Å². The van der Waals surface area contributed by atoms with Crippen molar-refractivity contribution in [1.82, 2.24) is 14.0 Å². The van der Waals surface area contributed by atoms with E-state index in [-0.39, 0.29) is 11.3 Å². The molecular formula is C24H25FN6S. The number of aromatic nitrogens is 2. The minimum absolute atomic E-state index is 0.130.